The third-order valence-electron chi connectivity index (χ3n) is 4.68. The van der Waals surface area contributed by atoms with Crippen LogP contribution in [0.15, 0.2) is 52.5 Å². The number of alkyl halides is 2. The molecule has 2 aromatic heterocycles. The van der Waals surface area contributed by atoms with Crippen LogP contribution in [0.4, 0.5) is 8.78 Å². The molecule has 11 heteroatoms. The number of amides is 1. The lowest BCUT2D eigenvalue weighted by Crippen LogP contribution is -2.30. The molecule has 1 aliphatic heterocycles. The minimum Gasteiger partial charge on any atom is -0.471 e. The van der Waals surface area contributed by atoms with Crippen LogP contribution in [-0.4, -0.2) is 34.8 Å². The lowest BCUT2D eigenvalue weighted by molar-refractivity contribution is -0.121. The Morgan fingerprint density at radius 1 is 1.22 bits per heavy atom. The molecule has 0 aliphatic carbocycles. The molecule has 0 unspecified atom stereocenters. The number of aromatic nitrogens is 2. The summed E-state index contributed by atoms with van der Waals surface area (Å²) in [6.45, 7) is -0.463. The molecule has 1 amide bonds. The molecular weight excluding hydrogens is 465 g/mol. The molecule has 7 nitrogen and oxygen atoms in total. The number of halogens is 4. The van der Waals surface area contributed by atoms with Gasteiger partial charge in [-0.2, -0.15) is 0 Å². The maximum atomic E-state index is 12.8. The number of carbonyl (C=O) groups excluding carboxylic acids is 1. The topological polar surface area (TPSA) is 89.6 Å². The summed E-state index contributed by atoms with van der Waals surface area (Å²) in [5, 5.41) is 3.62. The highest BCUT2D eigenvalue weighted by atomic mass is 35.5. The van der Waals surface area contributed by atoms with Crippen molar-refractivity contribution in [1.29, 1.82) is 0 Å². The Bertz CT molecular complexity index is 1160. The SMILES string of the molecule is O=C(Cc1cc2c(cn1)C(OCC(F)F)=NC2)N[C@@H](c1ccc(Cl)c(Cl)c1)c1cnco1. The monoisotopic (exact) mass is 480 g/mol. The summed E-state index contributed by atoms with van der Waals surface area (Å²) in [7, 11) is 0. The second-order valence-electron chi connectivity index (χ2n) is 6.91. The van der Waals surface area contributed by atoms with E-state index in [9.17, 15) is 13.6 Å². The van der Waals surface area contributed by atoms with Crippen LogP contribution in [-0.2, 0) is 22.5 Å². The fourth-order valence-corrected chi connectivity index (χ4v) is 3.54. The van der Waals surface area contributed by atoms with E-state index in [4.69, 9.17) is 32.4 Å². The Hall–Kier alpha value is -3.04. The number of pyridine rings is 1. The predicted octanol–water partition coefficient (Wildman–Crippen LogP) is 4.37. The molecule has 0 spiro atoms. The van der Waals surface area contributed by atoms with Crippen molar-refractivity contribution in [3.8, 4) is 0 Å². The fourth-order valence-electron chi connectivity index (χ4n) is 3.23. The number of benzene rings is 1. The summed E-state index contributed by atoms with van der Waals surface area (Å²) in [5.74, 6) is 0.236. The largest absolute Gasteiger partial charge is 0.471 e. The van der Waals surface area contributed by atoms with E-state index in [2.05, 4.69) is 20.3 Å². The van der Waals surface area contributed by atoms with Crippen LogP contribution >= 0.6 is 23.2 Å². The van der Waals surface area contributed by atoms with Gasteiger partial charge in [-0.15, -0.1) is 0 Å². The van der Waals surface area contributed by atoms with Crippen LogP contribution < -0.4 is 5.32 Å². The highest BCUT2D eigenvalue weighted by Gasteiger charge is 2.23. The van der Waals surface area contributed by atoms with E-state index >= 15 is 0 Å². The van der Waals surface area contributed by atoms with Gasteiger partial charge in [-0.05, 0) is 29.3 Å². The summed E-state index contributed by atoms with van der Waals surface area (Å²) < 4.78 is 35.2. The standard InChI is InChI=1S/C21H16Cl2F2N4O3/c22-15-2-1-11(4-16(15)23)20(17-8-26-10-32-17)29-19(30)5-13-3-12-6-28-21(14(12)7-27-13)31-9-18(24)25/h1-4,7-8,10,18,20H,5-6,9H2,(H,29,30)/t20-/m0/s1. The Balaban J connectivity index is 1.47. The van der Waals surface area contributed by atoms with Crippen molar-refractivity contribution < 1.29 is 22.7 Å². The number of fused-ring (bicyclic) bond motifs is 1. The van der Waals surface area contributed by atoms with Gasteiger partial charge in [0.15, 0.2) is 18.8 Å². The molecule has 166 valence electrons. The summed E-state index contributed by atoms with van der Waals surface area (Å²) >= 11 is 12.1. The maximum absolute atomic E-state index is 12.8. The second kappa shape index (κ2) is 9.62. The lowest BCUT2D eigenvalue weighted by Gasteiger charge is -2.17. The number of nitrogens with zero attached hydrogens (tertiary/aromatic N) is 3. The zero-order valence-electron chi connectivity index (χ0n) is 16.4. The van der Waals surface area contributed by atoms with Gasteiger partial charge in [0.25, 0.3) is 6.43 Å². The van der Waals surface area contributed by atoms with Gasteiger partial charge < -0.3 is 14.5 Å². The van der Waals surface area contributed by atoms with Gasteiger partial charge in [0.1, 0.15) is 6.04 Å². The third-order valence-corrected chi connectivity index (χ3v) is 5.41. The number of oxazole rings is 1. The van der Waals surface area contributed by atoms with Gasteiger partial charge in [-0.25, -0.2) is 18.8 Å². The molecule has 1 N–H and O–H groups in total. The van der Waals surface area contributed by atoms with Gasteiger partial charge in [0.05, 0.1) is 40.5 Å². The molecule has 0 radical (unpaired) electrons. The Morgan fingerprint density at radius 3 is 2.78 bits per heavy atom. The highest BCUT2D eigenvalue weighted by Crippen LogP contribution is 2.29. The van der Waals surface area contributed by atoms with Crippen molar-refractivity contribution in [3.05, 3.63) is 81.2 Å². The van der Waals surface area contributed by atoms with E-state index in [-0.39, 0.29) is 24.8 Å². The molecule has 0 saturated heterocycles. The van der Waals surface area contributed by atoms with E-state index in [1.807, 2.05) is 0 Å². The van der Waals surface area contributed by atoms with E-state index in [1.54, 1.807) is 24.3 Å². The molecule has 0 bridgehead atoms. The summed E-state index contributed by atoms with van der Waals surface area (Å²) in [6.07, 6.45) is 1.63. The molecule has 3 aromatic rings. The molecule has 32 heavy (non-hydrogen) atoms. The van der Waals surface area contributed by atoms with Crippen LogP contribution in [0.1, 0.15) is 34.2 Å². The van der Waals surface area contributed by atoms with Gasteiger partial charge in [-0.3, -0.25) is 9.78 Å². The molecule has 4 rings (SSSR count). The quantitative estimate of drug-likeness (QED) is 0.542. The number of hydrogen-bond donors (Lipinski definition) is 1. The van der Waals surface area contributed by atoms with Crippen LogP contribution in [0.25, 0.3) is 0 Å². The average Bonchev–Trinajstić information content (AvgIpc) is 3.42. The Labute approximate surface area is 191 Å². The number of rotatable bonds is 7. The fraction of sp³-hybridized carbons (Fsp3) is 0.238. The third kappa shape index (κ3) is 5.05. The molecule has 0 fully saturated rings. The van der Waals surface area contributed by atoms with Crippen LogP contribution in [0.5, 0.6) is 0 Å². The van der Waals surface area contributed by atoms with E-state index < -0.39 is 19.1 Å². The van der Waals surface area contributed by atoms with Crippen molar-refractivity contribution in [3.63, 3.8) is 0 Å². The Morgan fingerprint density at radius 2 is 2.06 bits per heavy atom. The van der Waals surface area contributed by atoms with Crippen molar-refractivity contribution in [2.45, 2.75) is 25.4 Å². The molecule has 1 aromatic carbocycles. The van der Waals surface area contributed by atoms with Gasteiger partial charge in [0, 0.05) is 6.20 Å². The van der Waals surface area contributed by atoms with Gasteiger partial charge in [-0.1, -0.05) is 29.3 Å². The zero-order chi connectivity index (χ0) is 22.7. The second-order valence-corrected chi connectivity index (χ2v) is 7.73. The number of ether oxygens (including phenoxy) is 1. The first-order chi connectivity index (χ1) is 15.4. The molecule has 1 aliphatic rings. The highest BCUT2D eigenvalue weighted by molar-refractivity contribution is 6.42. The van der Waals surface area contributed by atoms with Crippen molar-refractivity contribution >= 4 is 35.0 Å². The van der Waals surface area contributed by atoms with Crippen LogP contribution in [0, 0.1) is 0 Å². The van der Waals surface area contributed by atoms with Crippen LogP contribution in [0.2, 0.25) is 10.0 Å². The summed E-state index contributed by atoms with van der Waals surface area (Å²) in [4.78, 5) is 25.1. The normalized spacial score (nSPS) is 13.6. The first kappa shape index (κ1) is 22.2. The Kier molecular flexibility index (Phi) is 6.66. The van der Waals surface area contributed by atoms with E-state index in [0.717, 1.165) is 5.56 Å². The summed E-state index contributed by atoms with van der Waals surface area (Å²) in [6, 6.07) is 6.08. The summed E-state index contributed by atoms with van der Waals surface area (Å²) in [5.41, 5.74) is 2.46. The van der Waals surface area contributed by atoms with Crippen molar-refractivity contribution in [1.82, 2.24) is 15.3 Å². The average molecular weight is 481 g/mol. The first-order valence-corrected chi connectivity index (χ1v) is 10.2. The zero-order valence-corrected chi connectivity index (χ0v) is 17.9. The van der Waals surface area contributed by atoms with Crippen molar-refractivity contribution in [2.75, 3.05) is 6.61 Å². The number of hydrogen-bond acceptors (Lipinski definition) is 6. The lowest BCUT2D eigenvalue weighted by atomic mass is 10.0. The molecule has 1 atom stereocenters. The van der Waals surface area contributed by atoms with Crippen LogP contribution in [0.3, 0.4) is 0 Å². The minimum atomic E-state index is -2.59. The van der Waals surface area contributed by atoms with Crippen molar-refractivity contribution in [2.24, 2.45) is 4.99 Å². The number of aliphatic imine (C=N–C) groups is 1. The number of carbonyl (C=O) groups is 1. The predicted molar refractivity (Wildman–Crippen MR) is 113 cm³/mol. The van der Waals surface area contributed by atoms with E-state index in [1.165, 1.54) is 18.8 Å². The van der Waals surface area contributed by atoms with Gasteiger partial charge >= 0.3 is 0 Å². The minimum absolute atomic E-state index is 0.0214. The van der Waals surface area contributed by atoms with Gasteiger partial charge in [0.2, 0.25) is 11.8 Å². The molecular formula is C21H16Cl2F2N4O3. The maximum Gasteiger partial charge on any atom is 0.272 e. The molecule has 0 saturated carbocycles. The number of nitrogens with one attached hydrogen (secondary N) is 1. The first-order valence-electron chi connectivity index (χ1n) is 9.47. The smallest absolute Gasteiger partial charge is 0.272 e. The van der Waals surface area contributed by atoms with E-state index in [0.29, 0.717) is 32.6 Å². The molecule has 3 heterocycles.